The number of hydrogen-bond acceptors (Lipinski definition) is 3. The van der Waals surface area contributed by atoms with Crippen LogP contribution in [0.1, 0.15) is 11.3 Å². The molecule has 0 bridgehead atoms. The zero-order valence-electron chi connectivity index (χ0n) is 8.29. The molecule has 2 rings (SSSR count). The Kier molecular flexibility index (Phi) is 2.75. The Morgan fingerprint density at radius 3 is 2.81 bits per heavy atom. The van der Waals surface area contributed by atoms with E-state index >= 15 is 0 Å². The molecular weight excluding hydrogens is 275 g/mol. The Labute approximate surface area is 99.6 Å². The summed E-state index contributed by atoms with van der Waals surface area (Å²) in [5.74, 6) is 0.152. The summed E-state index contributed by atoms with van der Waals surface area (Å²) < 4.78 is 18.6. The normalized spacial score (nSPS) is 10.1. The number of aromatic nitrogens is 1. The maximum atomic E-state index is 13.1. The minimum absolute atomic E-state index is 0.178. The van der Waals surface area contributed by atoms with Crippen molar-refractivity contribution >= 4 is 15.9 Å². The SMILES string of the molecule is Cc1cc(-c2onc(C#N)c2Br)ccc1F. The summed E-state index contributed by atoms with van der Waals surface area (Å²) in [4.78, 5) is 0. The van der Waals surface area contributed by atoms with Crippen molar-refractivity contribution in [3.8, 4) is 17.4 Å². The first kappa shape index (κ1) is 10.8. The topological polar surface area (TPSA) is 49.8 Å². The van der Waals surface area contributed by atoms with Crippen LogP contribution in [-0.4, -0.2) is 5.16 Å². The van der Waals surface area contributed by atoms with Crippen LogP contribution in [0.4, 0.5) is 4.39 Å². The second kappa shape index (κ2) is 4.06. The Hall–Kier alpha value is -1.67. The summed E-state index contributed by atoms with van der Waals surface area (Å²) in [7, 11) is 0. The summed E-state index contributed by atoms with van der Waals surface area (Å²) in [5.41, 5.74) is 1.37. The standard InChI is InChI=1S/C11H6BrFN2O/c1-6-4-7(2-3-8(6)13)11-10(12)9(5-14)15-16-11/h2-4H,1H3. The van der Waals surface area contributed by atoms with Crippen molar-refractivity contribution in [2.75, 3.05) is 0 Å². The molecule has 0 saturated carbocycles. The third kappa shape index (κ3) is 1.72. The Morgan fingerprint density at radius 1 is 1.50 bits per heavy atom. The first-order valence-electron chi connectivity index (χ1n) is 4.45. The summed E-state index contributed by atoms with van der Waals surface area (Å²) >= 11 is 3.22. The lowest BCUT2D eigenvalue weighted by molar-refractivity contribution is 0.429. The number of nitrogens with zero attached hydrogens (tertiary/aromatic N) is 2. The number of benzene rings is 1. The molecule has 3 nitrogen and oxygen atoms in total. The molecule has 0 N–H and O–H groups in total. The maximum Gasteiger partial charge on any atom is 0.198 e. The monoisotopic (exact) mass is 280 g/mol. The summed E-state index contributed by atoms with van der Waals surface area (Å²) in [6.07, 6.45) is 0. The predicted octanol–water partition coefficient (Wildman–Crippen LogP) is 3.42. The summed E-state index contributed by atoms with van der Waals surface area (Å²) in [6.45, 7) is 1.66. The largest absolute Gasteiger partial charge is 0.354 e. The molecular formula is C11H6BrFN2O. The van der Waals surface area contributed by atoms with E-state index in [1.54, 1.807) is 19.1 Å². The molecule has 0 spiro atoms. The van der Waals surface area contributed by atoms with Crippen LogP contribution in [0.2, 0.25) is 0 Å². The van der Waals surface area contributed by atoms with Gasteiger partial charge in [-0.2, -0.15) is 5.26 Å². The lowest BCUT2D eigenvalue weighted by Crippen LogP contribution is -1.83. The highest BCUT2D eigenvalue weighted by Gasteiger charge is 2.15. The van der Waals surface area contributed by atoms with Crippen molar-refractivity contribution in [1.29, 1.82) is 5.26 Å². The van der Waals surface area contributed by atoms with E-state index in [9.17, 15) is 4.39 Å². The van der Waals surface area contributed by atoms with E-state index < -0.39 is 0 Å². The van der Waals surface area contributed by atoms with E-state index in [0.29, 0.717) is 21.4 Å². The van der Waals surface area contributed by atoms with Crippen molar-refractivity contribution in [3.63, 3.8) is 0 Å². The van der Waals surface area contributed by atoms with E-state index in [4.69, 9.17) is 9.78 Å². The fourth-order valence-corrected chi connectivity index (χ4v) is 1.78. The van der Waals surface area contributed by atoms with Crippen molar-refractivity contribution in [1.82, 2.24) is 5.16 Å². The molecule has 0 aliphatic rings. The lowest BCUT2D eigenvalue weighted by Gasteiger charge is -1.99. The minimum atomic E-state index is -0.278. The number of nitriles is 1. The summed E-state index contributed by atoms with van der Waals surface area (Å²) in [6, 6.07) is 6.46. The van der Waals surface area contributed by atoms with Crippen molar-refractivity contribution in [2.45, 2.75) is 6.92 Å². The van der Waals surface area contributed by atoms with E-state index in [1.165, 1.54) is 6.07 Å². The first-order valence-corrected chi connectivity index (χ1v) is 5.24. The van der Waals surface area contributed by atoms with E-state index in [0.717, 1.165) is 0 Å². The van der Waals surface area contributed by atoms with Gasteiger partial charge in [-0.25, -0.2) is 4.39 Å². The van der Waals surface area contributed by atoms with Crippen molar-refractivity contribution < 1.29 is 8.91 Å². The van der Waals surface area contributed by atoms with E-state index in [-0.39, 0.29) is 11.5 Å². The Morgan fingerprint density at radius 2 is 2.25 bits per heavy atom. The van der Waals surface area contributed by atoms with Gasteiger partial charge in [-0.1, -0.05) is 5.16 Å². The number of hydrogen-bond donors (Lipinski definition) is 0. The third-order valence-corrected chi connectivity index (χ3v) is 2.90. The molecule has 16 heavy (non-hydrogen) atoms. The molecule has 80 valence electrons. The van der Waals surface area contributed by atoms with Crippen LogP contribution in [0.25, 0.3) is 11.3 Å². The van der Waals surface area contributed by atoms with Crippen LogP contribution in [0.15, 0.2) is 27.2 Å². The molecule has 0 unspecified atom stereocenters. The van der Waals surface area contributed by atoms with Gasteiger partial charge in [0.05, 0.1) is 0 Å². The quantitative estimate of drug-likeness (QED) is 0.804. The van der Waals surface area contributed by atoms with Gasteiger partial charge in [0.2, 0.25) is 0 Å². The third-order valence-electron chi connectivity index (χ3n) is 2.16. The molecule has 1 aromatic heterocycles. The second-order valence-electron chi connectivity index (χ2n) is 3.25. The molecule has 0 radical (unpaired) electrons. The van der Waals surface area contributed by atoms with Gasteiger partial charge in [-0.15, -0.1) is 0 Å². The second-order valence-corrected chi connectivity index (χ2v) is 4.04. The average Bonchev–Trinajstić information content (AvgIpc) is 2.64. The molecule has 2 aromatic rings. The highest BCUT2D eigenvalue weighted by Crippen LogP contribution is 2.31. The van der Waals surface area contributed by atoms with Crippen LogP contribution >= 0.6 is 15.9 Å². The predicted molar refractivity (Wildman–Crippen MR) is 59.0 cm³/mol. The van der Waals surface area contributed by atoms with Crippen LogP contribution < -0.4 is 0 Å². The Balaban J connectivity index is 2.55. The smallest absolute Gasteiger partial charge is 0.198 e. The van der Waals surface area contributed by atoms with Gasteiger partial charge in [0.1, 0.15) is 16.4 Å². The van der Waals surface area contributed by atoms with Crippen LogP contribution in [0.5, 0.6) is 0 Å². The van der Waals surface area contributed by atoms with Crippen LogP contribution in [-0.2, 0) is 0 Å². The average molecular weight is 281 g/mol. The lowest BCUT2D eigenvalue weighted by atomic mass is 10.1. The number of halogens is 2. The molecule has 0 aliphatic carbocycles. The molecule has 5 heteroatoms. The van der Waals surface area contributed by atoms with Gasteiger partial charge < -0.3 is 4.52 Å². The van der Waals surface area contributed by atoms with Crippen molar-refractivity contribution in [2.24, 2.45) is 0 Å². The molecule has 1 aromatic carbocycles. The molecule has 0 fully saturated rings. The molecule has 0 amide bonds. The number of rotatable bonds is 1. The first-order chi connectivity index (χ1) is 7.63. The zero-order valence-corrected chi connectivity index (χ0v) is 9.88. The van der Waals surface area contributed by atoms with Crippen LogP contribution in [0.3, 0.4) is 0 Å². The molecule has 0 aliphatic heterocycles. The fraction of sp³-hybridized carbons (Fsp3) is 0.0909. The van der Waals surface area contributed by atoms with Gasteiger partial charge in [-0.3, -0.25) is 0 Å². The minimum Gasteiger partial charge on any atom is -0.354 e. The summed E-state index contributed by atoms with van der Waals surface area (Å²) in [5, 5.41) is 12.3. The molecule has 0 saturated heterocycles. The maximum absolute atomic E-state index is 13.1. The van der Waals surface area contributed by atoms with Crippen LogP contribution in [0, 0.1) is 24.1 Å². The van der Waals surface area contributed by atoms with E-state index in [1.807, 2.05) is 6.07 Å². The van der Waals surface area contributed by atoms with Gasteiger partial charge in [0, 0.05) is 5.56 Å². The molecule has 0 atom stereocenters. The van der Waals surface area contributed by atoms with Gasteiger partial charge in [-0.05, 0) is 46.6 Å². The molecule has 1 heterocycles. The van der Waals surface area contributed by atoms with Gasteiger partial charge in [0.25, 0.3) is 0 Å². The Bertz CT molecular complexity index is 586. The fourth-order valence-electron chi connectivity index (χ4n) is 1.31. The zero-order chi connectivity index (χ0) is 11.7. The van der Waals surface area contributed by atoms with E-state index in [2.05, 4.69) is 21.1 Å². The van der Waals surface area contributed by atoms with Gasteiger partial charge in [0.15, 0.2) is 11.5 Å². The van der Waals surface area contributed by atoms with Crippen molar-refractivity contribution in [3.05, 3.63) is 39.7 Å². The number of aryl methyl sites for hydroxylation is 1. The highest BCUT2D eigenvalue weighted by atomic mass is 79.9. The van der Waals surface area contributed by atoms with Gasteiger partial charge >= 0.3 is 0 Å². The highest BCUT2D eigenvalue weighted by molar-refractivity contribution is 9.10.